The van der Waals surface area contributed by atoms with E-state index in [0.29, 0.717) is 0 Å². The van der Waals surface area contributed by atoms with Crippen molar-refractivity contribution in [1.29, 1.82) is 0 Å². The van der Waals surface area contributed by atoms with Crippen molar-refractivity contribution in [3.63, 3.8) is 0 Å². The normalized spacial score (nSPS) is 17.0. The Morgan fingerprint density at radius 2 is 1.84 bits per heavy atom. The minimum atomic E-state index is -0.564. The molecular weight excluding hydrogens is 342 g/mol. The number of anilines is 1. The predicted octanol–water partition coefficient (Wildman–Crippen LogP) is 3.15. The van der Waals surface area contributed by atoms with Gasteiger partial charge in [-0.05, 0) is 25.1 Å². The third kappa shape index (κ3) is 3.63. The van der Waals surface area contributed by atoms with Gasteiger partial charge < -0.3 is 0 Å². The highest BCUT2D eigenvalue weighted by Crippen LogP contribution is 2.33. The number of aryl methyl sites for hydroxylation is 1. The van der Waals surface area contributed by atoms with Crippen molar-refractivity contribution in [2.45, 2.75) is 23.5 Å². The molecule has 0 saturated carbocycles. The number of hydrogen-bond acceptors (Lipinski definition) is 6. The number of rotatable bonds is 5. The van der Waals surface area contributed by atoms with E-state index in [2.05, 4.69) is 5.43 Å². The molecule has 0 bridgehead atoms. The van der Waals surface area contributed by atoms with Gasteiger partial charge in [-0.3, -0.25) is 25.1 Å². The van der Waals surface area contributed by atoms with E-state index < -0.39 is 22.0 Å². The fourth-order valence-corrected chi connectivity index (χ4v) is 3.50. The molecule has 0 aromatic heterocycles. The standard InChI is InChI=1S/C17H15N3O4S/c1-11-6-8-12(9-7-11)25-15-10-16(21)19(17(15)22)18-13-4-2-3-5-14(13)20(23)24/h2-9,15,18H,10H2,1H3. The molecule has 2 amide bonds. The van der Waals surface area contributed by atoms with Crippen molar-refractivity contribution in [2.24, 2.45) is 0 Å². The number of thioether (sulfide) groups is 1. The molecule has 25 heavy (non-hydrogen) atoms. The summed E-state index contributed by atoms with van der Waals surface area (Å²) in [6, 6.07) is 13.6. The Kier molecular flexibility index (Phi) is 4.71. The molecule has 0 spiro atoms. The van der Waals surface area contributed by atoms with Crippen LogP contribution < -0.4 is 5.43 Å². The molecule has 7 nitrogen and oxygen atoms in total. The summed E-state index contributed by atoms with van der Waals surface area (Å²) in [5, 5.41) is 11.4. The number of imide groups is 1. The van der Waals surface area contributed by atoms with Crippen molar-refractivity contribution >= 4 is 35.0 Å². The molecule has 1 unspecified atom stereocenters. The molecular formula is C17H15N3O4S. The second-order valence-corrected chi connectivity index (χ2v) is 6.85. The van der Waals surface area contributed by atoms with Gasteiger partial charge in [0, 0.05) is 11.0 Å². The molecule has 2 aromatic carbocycles. The monoisotopic (exact) mass is 357 g/mol. The average molecular weight is 357 g/mol. The van der Waals surface area contributed by atoms with E-state index in [9.17, 15) is 19.7 Å². The summed E-state index contributed by atoms with van der Waals surface area (Å²) in [5.74, 6) is -0.818. The lowest BCUT2D eigenvalue weighted by atomic mass is 10.2. The zero-order chi connectivity index (χ0) is 18.0. The van der Waals surface area contributed by atoms with Crippen LogP contribution in [-0.4, -0.2) is 27.0 Å². The lowest BCUT2D eigenvalue weighted by Crippen LogP contribution is -2.36. The smallest absolute Gasteiger partial charge is 0.282 e. The largest absolute Gasteiger partial charge is 0.294 e. The van der Waals surface area contributed by atoms with Crippen LogP contribution >= 0.6 is 11.8 Å². The Morgan fingerprint density at radius 1 is 1.16 bits per heavy atom. The average Bonchev–Trinajstić information content (AvgIpc) is 2.85. The topological polar surface area (TPSA) is 92.6 Å². The lowest BCUT2D eigenvalue weighted by Gasteiger charge is -2.17. The molecule has 1 heterocycles. The quantitative estimate of drug-likeness (QED) is 0.502. The maximum absolute atomic E-state index is 12.5. The van der Waals surface area contributed by atoms with Crippen molar-refractivity contribution in [1.82, 2.24) is 5.01 Å². The number of carbonyl (C=O) groups is 2. The highest BCUT2D eigenvalue weighted by Gasteiger charge is 2.40. The van der Waals surface area contributed by atoms with Crippen LogP contribution in [0.2, 0.25) is 0 Å². The summed E-state index contributed by atoms with van der Waals surface area (Å²) >= 11 is 1.31. The van der Waals surface area contributed by atoms with Crippen LogP contribution in [0.25, 0.3) is 0 Å². The SMILES string of the molecule is Cc1ccc(SC2CC(=O)N(Nc3ccccc3[N+](=O)[O-])C2=O)cc1. The van der Waals surface area contributed by atoms with Crippen LogP contribution in [0.15, 0.2) is 53.4 Å². The highest BCUT2D eigenvalue weighted by molar-refractivity contribution is 8.00. The Labute approximate surface area is 148 Å². The van der Waals surface area contributed by atoms with Crippen molar-refractivity contribution in [3.05, 3.63) is 64.2 Å². The number of nitro groups is 1. The summed E-state index contributed by atoms with van der Waals surface area (Å²) in [7, 11) is 0. The molecule has 8 heteroatoms. The number of para-hydroxylation sites is 2. The van der Waals surface area contributed by atoms with E-state index in [1.807, 2.05) is 31.2 Å². The molecule has 1 saturated heterocycles. The first kappa shape index (κ1) is 17.0. The number of benzene rings is 2. The maximum atomic E-state index is 12.5. The van der Waals surface area contributed by atoms with E-state index in [1.165, 1.54) is 30.0 Å². The van der Waals surface area contributed by atoms with E-state index in [1.54, 1.807) is 6.07 Å². The fourth-order valence-electron chi connectivity index (χ4n) is 2.44. The Balaban J connectivity index is 1.76. The van der Waals surface area contributed by atoms with E-state index >= 15 is 0 Å². The Morgan fingerprint density at radius 3 is 2.52 bits per heavy atom. The summed E-state index contributed by atoms with van der Waals surface area (Å²) in [6.07, 6.45) is 0.0466. The van der Waals surface area contributed by atoms with Gasteiger partial charge in [0.05, 0.1) is 16.6 Å². The van der Waals surface area contributed by atoms with Gasteiger partial charge in [-0.15, -0.1) is 11.8 Å². The van der Waals surface area contributed by atoms with Gasteiger partial charge >= 0.3 is 0 Å². The first-order valence-corrected chi connectivity index (χ1v) is 8.44. The zero-order valence-electron chi connectivity index (χ0n) is 13.3. The number of nitrogens with zero attached hydrogens (tertiary/aromatic N) is 2. The first-order valence-electron chi connectivity index (χ1n) is 7.56. The summed E-state index contributed by atoms with van der Waals surface area (Å²) in [6.45, 7) is 1.97. The van der Waals surface area contributed by atoms with Crippen LogP contribution in [0.4, 0.5) is 11.4 Å². The molecule has 1 aliphatic heterocycles. The van der Waals surface area contributed by atoms with E-state index in [0.717, 1.165) is 15.5 Å². The summed E-state index contributed by atoms with van der Waals surface area (Å²) in [5.41, 5.74) is 3.61. The molecule has 1 fully saturated rings. The molecule has 1 N–H and O–H groups in total. The van der Waals surface area contributed by atoms with Crippen LogP contribution in [0.5, 0.6) is 0 Å². The predicted molar refractivity (Wildman–Crippen MR) is 94.0 cm³/mol. The van der Waals surface area contributed by atoms with Crippen molar-refractivity contribution in [2.75, 3.05) is 5.43 Å². The minimum absolute atomic E-state index is 0.0466. The van der Waals surface area contributed by atoms with Gasteiger partial charge in [-0.1, -0.05) is 29.8 Å². The van der Waals surface area contributed by atoms with Crippen LogP contribution in [0, 0.1) is 17.0 Å². The lowest BCUT2D eigenvalue weighted by molar-refractivity contribution is -0.384. The fraction of sp³-hybridized carbons (Fsp3) is 0.176. The third-order valence-electron chi connectivity index (χ3n) is 3.74. The molecule has 1 atom stereocenters. The minimum Gasteiger partial charge on any atom is -0.282 e. The van der Waals surface area contributed by atoms with Crippen LogP contribution in [-0.2, 0) is 9.59 Å². The van der Waals surface area contributed by atoms with Gasteiger partial charge in [0.25, 0.3) is 11.6 Å². The van der Waals surface area contributed by atoms with Gasteiger partial charge in [0.2, 0.25) is 5.91 Å². The van der Waals surface area contributed by atoms with Gasteiger partial charge in [0.15, 0.2) is 0 Å². The zero-order valence-corrected chi connectivity index (χ0v) is 14.2. The van der Waals surface area contributed by atoms with Gasteiger partial charge in [0.1, 0.15) is 5.69 Å². The van der Waals surface area contributed by atoms with Crippen molar-refractivity contribution in [3.8, 4) is 0 Å². The maximum Gasteiger partial charge on any atom is 0.294 e. The number of nitro benzene ring substituents is 1. The Hall–Kier alpha value is -2.87. The van der Waals surface area contributed by atoms with E-state index in [4.69, 9.17) is 0 Å². The number of nitrogens with one attached hydrogen (secondary N) is 1. The van der Waals surface area contributed by atoms with Gasteiger partial charge in [-0.2, -0.15) is 5.01 Å². The highest BCUT2D eigenvalue weighted by atomic mass is 32.2. The molecule has 0 aliphatic carbocycles. The third-order valence-corrected chi connectivity index (χ3v) is 4.93. The van der Waals surface area contributed by atoms with Crippen LogP contribution in [0.1, 0.15) is 12.0 Å². The molecule has 0 radical (unpaired) electrons. The van der Waals surface area contributed by atoms with E-state index in [-0.39, 0.29) is 17.8 Å². The summed E-state index contributed by atoms with van der Waals surface area (Å²) in [4.78, 5) is 36.1. The molecule has 2 aromatic rings. The number of amides is 2. The second-order valence-electron chi connectivity index (χ2n) is 5.58. The molecule has 1 aliphatic rings. The second kappa shape index (κ2) is 6.94. The molecule has 3 rings (SSSR count). The van der Waals surface area contributed by atoms with Crippen molar-refractivity contribution < 1.29 is 14.5 Å². The Bertz CT molecular complexity index is 838. The summed E-state index contributed by atoms with van der Waals surface area (Å²) < 4.78 is 0. The van der Waals surface area contributed by atoms with Gasteiger partial charge in [-0.25, -0.2) is 0 Å². The first-order chi connectivity index (χ1) is 12.0. The van der Waals surface area contributed by atoms with Crippen LogP contribution in [0.3, 0.4) is 0 Å². The number of hydrazine groups is 1. The molecule has 128 valence electrons. The number of hydrogen-bond donors (Lipinski definition) is 1. The number of carbonyl (C=O) groups excluding carboxylic acids is 2.